The molecule has 6 nitrogen and oxygen atoms in total. The van der Waals surface area contributed by atoms with Crippen LogP contribution in [0.5, 0.6) is 0 Å². The zero-order valence-corrected chi connectivity index (χ0v) is 11.7. The van der Waals surface area contributed by atoms with E-state index in [1.165, 1.54) is 12.1 Å². The molecule has 1 atom stereocenters. The van der Waals surface area contributed by atoms with E-state index in [2.05, 4.69) is 13.8 Å². The van der Waals surface area contributed by atoms with Gasteiger partial charge in [-0.25, -0.2) is 4.79 Å². The molecule has 0 spiro atoms. The van der Waals surface area contributed by atoms with Gasteiger partial charge < -0.3 is 19.2 Å². The topological polar surface area (TPSA) is 80.0 Å². The second kappa shape index (κ2) is 6.09. The highest BCUT2D eigenvalue weighted by Gasteiger charge is 2.30. The predicted molar refractivity (Wildman–Crippen MR) is 70.8 cm³/mol. The van der Waals surface area contributed by atoms with Gasteiger partial charge >= 0.3 is 5.97 Å². The summed E-state index contributed by atoms with van der Waals surface area (Å²) in [5.41, 5.74) is 0. The Labute approximate surface area is 117 Å². The number of rotatable bonds is 4. The molecule has 110 valence electrons. The van der Waals surface area contributed by atoms with Gasteiger partial charge in [-0.3, -0.25) is 4.79 Å². The molecule has 0 bridgehead atoms. The second-order valence-corrected chi connectivity index (χ2v) is 5.33. The van der Waals surface area contributed by atoms with Gasteiger partial charge in [-0.15, -0.1) is 0 Å². The van der Waals surface area contributed by atoms with E-state index in [9.17, 15) is 9.59 Å². The number of hydrogen-bond acceptors (Lipinski definition) is 4. The number of ether oxygens (including phenoxy) is 1. The Bertz CT molecular complexity index is 494. The number of carbonyl (C=O) groups is 2. The minimum atomic E-state index is -1.18. The van der Waals surface area contributed by atoms with Crippen LogP contribution >= 0.6 is 0 Å². The first-order chi connectivity index (χ1) is 9.49. The van der Waals surface area contributed by atoms with Crippen LogP contribution in [-0.4, -0.2) is 47.7 Å². The highest BCUT2D eigenvalue weighted by Crippen LogP contribution is 2.19. The van der Waals surface area contributed by atoms with Gasteiger partial charge in [-0.1, -0.05) is 13.8 Å². The quantitative estimate of drug-likeness (QED) is 0.911. The Morgan fingerprint density at radius 1 is 1.40 bits per heavy atom. The highest BCUT2D eigenvalue weighted by atomic mass is 16.5. The number of aromatic carboxylic acids is 1. The van der Waals surface area contributed by atoms with E-state index in [-0.39, 0.29) is 23.5 Å². The maximum absolute atomic E-state index is 12.4. The molecule has 2 rings (SSSR count). The molecule has 0 saturated carbocycles. The molecule has 0 aromatic carbocycles. The molecule has 1 amide bonds. The van der Waals surface area contributed by atoms with Crippen molar-refractivity contribution in [2.24, 2.45) is 5.92 Å². The Morgan fingerprint density at radius 2 is 2.10 bits per heavy atom. The summed E-state index contributed by atoms with van der Waals surface area (Å²) in [6.07, 6.45) is 0.845. The normalized spacial score (nSPS) is 19.4. The van der Waals surface area contributed by atoms with Crippen LogP contribution in [0.15, 0.2) is 16.5 Å². The number of amides is 1. The van der Waals surface area contributed by atoms with Gasteiger partial charge in [0.05, 0.1) is 19.3 Å². The number of furan rings is 1. The van der Waals surface area contributed by atoms with E-state index < -0.39 is 5.97 Å². The average Bonchev–Trinajstić information content (AvgIpc) is 2.87. The SMILES string of the molecule is CC(C)CC1COCCN1C(=O)c1ccc(C(=O)O)o1. The third kappa shape index (κ3) is 3.19. The summed E-state index contributed by atoms with van der Waals surface area (Å²) in [5, 5.41) is 8.82. The van der Waals surface area contributed by atoms with Gasteiger partial charge in [-0.05, 0) is 24.5 Å². The van der Waals surface area contributed by atoms with E-state index in [1.54, 1.807) is 4.90 Å². The predicted octanol–water partition coefficient (Wildman–Crippen LogP) is 1.86. The molecule has 1 unspecified atom stereocenters. The Kier molecular flexibility index (Phi) is 4.44. The van der Waals surface area contributed by atoms with E-state index in [4.69, 9.17) is 14.3 Å². The largest absolute Gasteiger partial charge is 0.475 e. The van der Waals surface area contributed by atoms with Crippen molar-refractivity contribution in [3.8, 4) is 0 Å². The van der Waals surface area contributed by atoms with Gasteiger partial charge in [0, 0.05) is 6.54 Å². The molecular formula is C14H19NO5. The molecule has 1 fully saturated rings. The van der Waals surface area contributed by atoms with E-state index in [0.717, 1.165) is 6.42 Å². The molecule has 6 heteroatoms. The summed E-state index contributed by atoms with van der Waals surface area (Å²) in [7, 11) is 0. The van der Waals surface area contributed by atoms with Crippen molar-refractivity contribution in [3.05, 3.63) is 23.7 Å². The maximum Gasteiger partial charge on any atom is 0.371 e. The van der Waals surface area contributed by atoms with Crippen LogP contribution in [0.2, 0.25) is 0 Å². The van der Waals surface area contributed by atoms with E-state index in [0.29, 0.717) is 25.7 Å². The molecule has 0 aliphatic carbocycles. The number of nitrogens with zero attached hydrogens (tertiary/aromatic N) is 1. The molecular weight excluding hydrogens is 262 g/mol. The molecule has 1 N–H and O–H groups in total. The van der Waals surface area contributed by atoms with Crippen LogP contribution in [0.1, 0.15) is 41.4 Å². The lowest BCUT2D eigenvalue weighted by molar-refractivity contribution is -0.00900. The third-order valence-corrected chi connectivity index (χ3v) is 3.26. The average molecular weight is 281 g/mol. The van der Waals surface area contributed by atoms with Crippen molar-refractivity contribution in [1.82, 2.24) is 4.90 Å². The maximum atomic E-state index is 12.4. The molecule has 1 aromatic rings. The number of hydrogen-bond donors (Lipinski definition) is 1. The lowest BCUT2D eigenvalue weighted by Gasteiger charge is -2.36. The van der Waals surface area contributed by atoms with Gasteiger partial charge in [0.25, 0.3) is 5.91 Å². The summed E-state index contributed by atoms with van der Waals surface area (Å²) in [6.45, 7) is 5.68. The minimum absolute atomic E-state index is 0.00891. The van der Waals surface area contributed by atoms with Gasteiger partial charge in [0.2, 0.25) is 5.76 Å². The van der Waals surface area contributed by atoms with Crippen LogP contribution in [0.3, 0.4) is 0 Å². The minimum Gasteiger partial charge on any atom is -0.475 e. The number of carboxylic acids is 1. The fourth-order valence-corrected chi connectivity index (χ4v) is 2.37. The zero-order chi connectivity index (χ0) is 14.7. The van der Waals surface area contributed by atoms with Crippen molar-refractivity contribution < 1.29 is 23.8 Å². The van der Waals surface area contributed by atoms with Crippen LogP contribution in [0.25, 0.3) is 0 Å². The first-order valence-electron chi connectivity index (χ1n) is 6.71. The van der Waals surface area contributed by atoms with Crippen LogP contribution in [0, 0.1) is 5.92 Å². The summed E-state index contributed by atoms with van der Waals surface area (Å²) in [6, 6.07) is 2.72. The smallest absolute Gasteiger partial charge is 0.371 e. The van der Waals surface area contributed by atoms with Crippen molar-refractivity contribution in [3.63, 3.8) is 0 Å². The standard InChI is InChI=1S/C14H19NO5/c1-9(2)7-10-8-19-6-5-15(10)13(16)11-3-4-12(20-11)14(17)18/h3-4,9-10H,5-8H2,1-2H3,(H,17,18). The third-order valence-electron chi connectivity index (χ3n) is 3.26. The Morgan fingerprint density at radius 3 is 2.70 bits per heavy atom. The molecule has 1 saturated heterocycles. The molecule has 1 aliphatic heterocycles. The van der Waals surface area contributed by atoms with Crippen LogP contribution in [0.4, 0.5) is 0 Å². The lowest BCUT2D eigenvalue weighted by Crippen LogP contribution is -2.49. The summed E-state index contributed by atoms with van der Waals surface area (Å²) < 4.78 is 10.5. The summed E-state index contributed by atoms with van der Waals surface area (Å²) in [5.74, 6) is -1.15. The van der Waals surface area contributed by atoms with Crippen molar-refractivity contribution in [1.29, 1.82) is 0 Å². The Hall–Kier alpha value is -1.82. The van der Waals surface area contributed by atoms with Gasteiger partial charge in [-0.2, -0.15) is 0 Å². The van der Waals surface area contributed by atoms with Crippen molar-refractivity contribution in [2.75, 3.05) is 19.8 Å². The fraction of sp³-hybridized carbons (Fsp3) is 0.571. The molecule has 0 radical (unpaired) electrons. The van der Waals surface area contributed by atoms with Crippen molar-refractivity contribution >= 4 is 11.9 Å². The first-order valence-corrected chi connectivity index (χ1v) is 6.71. The first kappa shape index (κ1) is 14.6. The van der Waals surface area contributed by atoms with E-state index in [1.807, 2.05) is 0 Å². The highest BCUT2D eigenvalue weighted by molar-refractivity contribution is 5.93. The van der Waals surface area contributed by atoms with Gasteiger partial charge in [0.15, 0.2) is 5.76 Å². The van der Waals surface area contributed by atoms with Crippen molar-refractivity contribution in [2.45, 2.75) is 26.3 Å². The molecule has 1 aliphatic rings. The number of carboxylic acid groups (broad SMARTS) is 1. The molecule has 20 heavy (non-hydrogen) atoms. The zero-order valence-electron chi connectivity index (χ0n) is 11.7. The Balaban J connectivity index is 2.14. The van der Waals surface area contributed by atoms with Crippen LogP contribution < -0.4 is 0 Å². The molecule has 2 heterocycles. The van der Waals surface area contributed by atoms with E-state index >= 15 is 0 Å². The number of carbonyl (C=O) groups excluding carboxylic acids is 1. The number of morpholine rings is 1. The molecule has 1 aromatic heterocycles. The second-order valence-electron chi connectivity index (χ2n) is 5.33. The lowest BCUT2D eigenvalue weighted by atomic mass is 10.0. The van der Waals surface area contributed by atoms with Gasteiger partial charge in [0.1, 0.15) is 0 Å². The summed E-state index contributed by atoms with van der Waals surface area (Å²) in [4.78, 5) is 24.9. The summed E-state index contributed by atoms with van der Waals surface area (Å²) >= 11 is 0. The van der Waals surface area contributed by atoms with Crippen LogP contribution in [-0.2, 0) is 4.74 Å². The fourth-order valence-electron chi connectivity index (χ4n) is 2.37. The monoisotopic (exact) mass is 281 g/mol.